The van der Waals surface area contributed by atoms with E-state index in [0.29, 0.717) is 18.8 Å². The zero-order chi connectivity index (χ0) is 21.0. The van der Waals surface area contributed by atoms with Crippen molar-refractivity contribution in [1.82, 2.24) is 10.5 Å². The molecule has 2 N–H and O–H groups in total. The van der Waals surface area contributed by atoms with E-state index in [9.17, 15) is 5.11 Å². The predicted molar refractivity (Wildman–Crippen MR) is 118 cm³/mol. The Morgan fingerprint density at radius 2 is 2.03 bits per heavy atom. The first-order valence-electron chi connectivity index (χ1n) is 9.67. The lowest BCUT2D eigenvalue weighted by Crippen LogP contribution is -2.42. The average Bonchev–Trinajstić information content (AvgIpc) is 3.37. The smallest absolute Gasteiger partial charge is 0.178 e. The van der Waals surface area contributed by atoms with Gasteiger partial charge in [-0.1, -0.05) is 35.5 Å². The van der Waals surface area contributed by atoms with Gasteiger partial charge in [0.05, 0.1) is 7.11 Å². The first kappa shape index (κ1) is 20.4. The van der Waals surface area contributed by atoms with Gasteiger partial charge in [-0.15, -0.1) is 11.3 Å². The van der Waals surface area contributed by atoms with Crippen molar-refractivity contribution in [2.75, 3.05) is 20.3 Å². The molecule has 4 aromatic rings. The van der Waals surface area contributed by atoms with Crippen molar-refractivity contribution in [3.8, 4) is 22.8 Å². The van der Waals surface area contributed by atoms with Crippen LogP contribution in [0.3, 0.4) is 0 Å². The molecule has 0 spiro atoms. The lowest BCUT2D eigenvalue weighted by molar-refractivity contribution is 0.0120. The normalized spacial score (nSPS) is 13.3. The van der Waals surface area contributed by atoms with Crippen molar-refractivity contribution in [3.63, 3.8) is 0 Å². The van der Waals surface area contributed by atoms with Gasteiger partial charge in [0.2, 0.25) is 0 Å². The molecular weight excluding hydrogens is 400 g/mol. The fraction of sp³-hybridized carbons (Fsp3) is 0.261. The van der Waals surface area contributed by atoms with Crippen molar-refractivity contribution >= 4 is 21.6 Å². The lowest BCUT2D eigenvalue weighted by atomic mass is 10.1. The van der Waals surface area contributed by atoms with Gasteiger partial charge in [0.1, 0.15) is 34.1 Å². The molecular formula is C23H24N2O4S. The molecule has 4 rings (SSSR count). The molecule has 156 valence electrons. The number of fused-ring (bicyclic) bond motifs is 1. The highest BCUT2D eigenvalue weighted by Gasteiger charge is 2.21. The summed E-state index contributed by atoms with van der Waals surface area (Å²) in [6.45, 7) is 2.88. The van der Waals surface area contributed by atoms with Crippen LogP contribution >= 0.6 is 11.3 Å². The topological polar surface area (TPSA) is 76.8 Å². The van der Waals surface area contributed by atoms with E-state index in [4.69, 9.17) is 14.0 Å². The maximum Gasteiger partial charge on any atom is 0.178 e. The predicted octanol–water partition coefficient (Wildman–Crippen LogP) is 4.48. The van der Waals surface area contributed by atoms with E-state index >= 15 is 0 Å². The second-order valence-electron chi connectivity index (χ2n) is 7.37. The molecule has 0 bridgehead atoms. The Kier molecular flexibility index (Phi) is 6.03. The van der Waals surface area contributed by atoms with Crippen molar-refractivity contribution in [1.29, 1.82) is 0 Å². The first-order chi connectivity index (χ1) is 14.6. The van der Waals surface area contributed by atoms with Gasteiger partial charge in [0, 0.05) is 24.2 Å². The molecule has 6 nitrogen and oxygen atoms in total. The van der Waals surface area contributed by atoms with Crippen LogP contribution in [0.2, 0.25) is 0 Å². The highest BCUT2D eigenvalue weighted by molar-refractivity contribution is 7.17. The third-order valence-electron chi connectivity index (χ3n) is 4.75. The summed E-state index contributed by atoms with van der Waals surface area (Å²) in [5, 5.41) is 20.1. The summed E-state index contributed by atoms with van der Waals surface area (Å²) >= 11 is 1.59. The van der Waals surface area contributed by atoms with Gasteiger partial charge in [-0.3, -0.25) is 0 Å². The molecule has 0 fully saturated rings. The molecule has 2 aromatic heterocycles. The van der Waals surface area contributed by atoms with E-state index in [2.05, 4.69) is 10.5 Å². The van der Waals surface area contributed by atoms with Gasteiger partial charge in [-0.05, 0) is 36.6 Å². The molecule has 1 atom stereocenters. The van der Waals surface area contributed by atoms with Crippen LogP contribution in [0.25, 0.3) is 21.5 Å². The van der Waals surface area contributed by atoms with Crippen molar-refractivity contribution in [2.45, 2.75) is 19.1 Å². The highest BCUT2D eigenvalue weighted by Crippen LogP contribution is 2.33. The Balaban J connectivity index is 1.35. The number of aromatic nitrogens is 1. The Labute approximate surface area is 179 Å². The molecule has 2 heterocycles. The number of nitrogens with one attached hydrogen (secondary N) is 1. The van der Waals surface area contributed by atoms with Crippen LogP contribution < -0.4 is 14.8 Å². The Morgan fingerprint density at radius 3 is 2.90 bits per heavy atom. The fourth-order valence-electron chi connectivity index (χ4n) is 3.20. The summed E-state index contributed by atoms with van der Waals surface area (Å²) in [5.41, 5.74) is 2.51. The average molecular weight is 425 g/mol. The molecule has 0 aliphatic carbocycles. The van der Waals surface area contributed by atoms with Gasteiger partial charge in [-0.25, -0.2) is 0 Å². The van der Waals surface area contributed by atoms with Crippen LogP contribution in [0, 0.1) is 0 Å². The summed E-state index contributed by atoms with van der Waals surface area (Å²) in [6.07, 6.45) is 0. The number of nitrogens with zero attached hydrogens (tertiary/aromatic N) is 1. The van der Waals surface area contributed by atoms with Gasteiger partial charge >= 0.3 is 0 Å². The maximum atomic E-state index is 10.7. The van der Waals surface area contributed by atoms with Crippen molar-refractivity contribution in [2.24, 2.45) is 0 Å². The van der Waals surface area contributed by atoms with Crippen LogP contribution in [0.4, 0.5) is 0 Å². The van der Waals surface area contributed by atoms with E-state index in [1.165, 1.54) is 0 Å². The lowest BCUT2D eigenvalue weighted by Gasteiger charge is -2.24. The molecule has 0 aliphatic rings. The summed E-state index contributed by atoms with van der Waals surface area (Å²) < 4.78 is 17.6. The van der Waals surface area contributed by atoms with Gasteiger partial charge < -0.3 is 24.4 Å². The van der Waals surface area contributed by atoms with E-state index in [1.807, 2.05) is 60.0 Å². The number of hydrogen-bond acceptors (Lipinski definition) is 7. The number of para-hydroxylation sites is 1. The maximum absolute atomic E-state index is 10.7. The minimum atomic E-state index is -1.03. The number of ether oxygens (including phenoxy) is 2. The quantitative estimate of drug-likeness (QED) is 0.412. The monoisotopic (exact) mass is 424 g/mol. The Morgan fingerprint density at radius 1 is 1.17 bits per heavy atom. The van der Waals surface area contributed by atoms with Crippen LogP contribution in [-0.2, 0) is 6.54 Å². The van der Waals surface area contributed by atoms with Crippen LogP contribution in [-0.4, -0.2) is 36.1 Å². The number of aliphatic hydroxyl groups is 1. The molecule has 1 unspecified atom stereocenters. The van der Waals surface area contributed by atoms with Gasteiger partial charge in [-0.2, -0.15) is 0 Å². The van der Waals surface area contributed by atoms with Crippen LogP contribution in [0.1, 0.15) is 12.5 Å². The third kappa shape index (κ3) is 4.64. The first-order valence-corrected chi connectivity index (χ1v) is 10.5. The van der Waals surface area contributed by atoms with Crippen molar-refractivity contribution < 1.29 is 19.1 Å². The van der Waals surface area contributed by atoms with Gasteiger partial charge in [0.15, 0.2) is 5.58 Å². The molecule has 0 amide bonds. The van der Waals surface area contributed by atoms with E-state index in [1.54, 1.807) is 25.4 Å². The molecule has 0 saturated heterocycles. The Hall–Kier alpha value is -2.87. The molecule has 7 heteroatoms. The number of hydrogen-bond donors (Lipinski definition) is 2. The van der Waals surface area contributed by atoms with E-state index in [-0.39, 0.29) is 6.61 Å². The zero-order valence-corrected chi connectivity index (χ0v) is 17.7. The number of methoxy groups -OCH3 is 1. The molecule has 2 aromatic carbocycles. The molecule has 0 saturated carbocycles. The number of rotatable bonds is 9. The summed E-state index contributed by atoms with van der Waals surface area (Å²) in [7, 11) is 1.65. The summed E-state index contributed by atoms with van der Waals surface area (Å²) in [5.74, 6) is 1.50. The SMILES string of the molecule is COc1ccccc1CNCC(C)(O)COc1cccc(-c2noc3ccsc23)c1. The Bertz CT molecular complexity index is 1120. The van der Waals surface area contributed by atoms with E-state index in [0.717, 1.165) is 32.9 Å². The zero-order valence-electron chi connectivity index (χ0n) is 16.9. The molecule has 30 heavy (non-hydrogen) atoms. The third-order valence-corrected chi connectivity index (χ3v) is 5.65. The second kappa shape index (κ2) is 8.87. The minimum Gasteiger partial charge on any atom is -0.496 e. The summed E-state index contributed by atoms with van der Waals surface area (Å²) in [6, 6.07) is 17.4. The standard InChI is InChI=1S/C23H24N2O4S/c1-23(26,14-24-13-17-6-3-4-9-19(17)27-2)15-28-18-8-5-7-16(12-18)21-22-20(29-25-21)10-11-30-22/h3-12,24,26H,13-15H2,1-2H3. The molecule has 0 aliphatic heterocycles. The van der Waals surface area contributed by atoms with E-state index < -0.39 is 5.60 Å². The highest BCUT2D eigenvalue weighted by atomic mass is 32.1. The number of benzene rings is 2. The minimum absolute atomic E-state index is 0.155. The van der Waals surface area contributed by atoms with Crippen molar-refractivity contribution in [3.05, 3.63) is 65.5 Å². The van der Waals surface area contributed by atoms with Crippen LogP contribution in [0.15, 0.2) is 64.5 Å². The van der Waals surface area contributed by atoms with Gasteiger partial charge in [0.25, 0.3) is 0 Å². The number of thiophene rings is 1. The molecule has 0 radical (unpaired) electrons. The second-order valence-corrected chi connectivity index (χ2v) is 8.29. The fourth-order valence-corrected chi connectivity index (χ4v) is 4.02. The summed E-state index contributed by atoms with van der Waals surface area (Å²) in [4.78, 5) is 0. The van der Waals surface area contributed by atoms with Crippen LogP contribution in [0.5, 0.6) is 11.5 Å². The largest absolute Gasteiger partial charge is 0.496 e.